The first-order valence-electron chi connectivity index (χ1n) is 6.41. The smallest absolute Gasteiger partial charge is 0.328 e. The highest BCUT2D eigenvalue weighted by atomic mass is 16.5. The van der Waals surface area contributed by atoms with Crippen LogP contribution in [0.15, 0.2) is 0 Å². The summed E-state index contributed by atoms with van der Waals surface area (Å²) < 4.78 is 5.31. The van der Waals surface area contributed by atoms with Crippen LogP contribution in [0.1, 0.15) is 53.4 Å². The molecule has 0 aromatic carbocycles. The van der Waals surface area contributed by atoms with E-state index in [1.165, 1.54) is 0 Å². The summed E-state index contributed by atoms with van der Waals surface area (Å²) in [6.07, 6.45) is 4.10. The Labute approximate surface area is 104 Å². The van der Waals surface area contributed by atoms with Crippen LogP contribution < -0.4 is 5.32 Å². The first-order valence-corrected chi connectivity index (χ1v) is 6.41. The van der Waals surface area contributed by atoms with Crippen molar-refractivity contribution in [3.05, 3.63) is 0 Å². The molecular formula is C13H25NO3. The van der Waals surface area contributed by atoms with Gasteiger partial charge >= 0.3 is 5.97 Å². The molecule has 0 aromatic heterocycles. The van der Waals surface area contributed by atoms with Crippen LogP contribution in [0.4, 0.5) is 0 Å². The Bertz CT molecular complexity index is 229. The lowest BCUT2D eigenvalue weighted by Gasteiger charge is -2.20. The molecule has 0 unspecified atom stereocenters. The van der Waals surface area contributed by atoms with E-state index >= 15 is 0 Å². The number of amides is 1. The number of hydrogen-bond acceptors (Lipinski definition) is 3. The van der Waals surface area contributed by atoms with Crippen LogP contribution in [0.3, 0.4) is 0 Å². The van der Waals surface area contributed by atoms with E-state index in [-0.39, 0.29) is 12.1 Å². The van der Waals surface area contributed by atoms with Crippen molar-refractivity contribution >= 4 is 12.4 Å². The fourth-order valence-corrected chi connectivity index (χ4v) is 1.62. The van der Waals surface area contributed by atoms with Gasteiger partial charge in [0.1, 0.15) is 6.04 Å². The van der Waals surface area contributed by atoms with Gasteiger partial charge in [-0.1, -0.05) is 33.6 Å². The second-order valence-electron chi connectivity index (χ2n) is 4.86. The van der Waals surface area contributed by atoms with Gasteiger partial charge in [0, 0.05) is 0 Å². The van der Waals surface area contributed by atoms with Gasteiger partial charge in [0.25, 0.3) is 0 Å². The molecule has 0 aliphatic rings. The minimum atomic E-state index is -0.517. The van der Waals surface area contributed by atoms with Crippen molar-refractivity contribution in [3.8, 4) is 0 Å². The zero-order valence-electron chi connectivity index (χ0n) is 11.4. The molecule has 4 heteroatoms. The minimum absolute atomic E-state index is 0.0782. The molecule has 4 nitrogen and oxygen atoms in total. The van der Waals surface area contributed by atoms with Gasteiger partial charge in [-0.25, -0.2) is 4.79 Å². The highest BCUT2D eigenvalue weighted by molar-refractivity contribution is 5.78. The van der Waals surface area contributed by atoms with E-state index in [1.807, 2.05) is 20.8 Å². The van der Waals surface area contributed by atoms with E-state index in [9.17, 15) is 9.59 Å². The van der Waals surface area contributed by atoms with Gasteiger partial charge in [-0.2, -0.15) is 0 Å². The summed E-state index contributed by atoms with van der Waals surface area (Å²) in [6.45, 7) is 8.01. The maximum atomic E-state index is 11.8. The highest BCUT2D eigenvalue weighted by Gasteiger charge is 2.22. The molecule has 0 saturated carbocycles. The van der Waals surface area contributed by atoms with Crippen LogP contribution in [0.25, 0.3) is 0 Å². The number of hydrogen-bond donors (Lipinski definition) is 1. The van der Waals surface area contributed by atoms with Crippen LogP contribution in [0, 0.1) is 5.92 Å². The number of esters is 1. The molecule has 1 amide bonds. The topological polar surface area (TPSA) is 55.4 Å². The van der Waals surface area contributed by atoms with E-state index in [4.69, 9.17) is 4.74 Å². The zero-order chi connectivity index (χ0) is 13.3. The average molecular weight is 243 g/mol. The molecule has 0 spiro atoms. The summed E-state index contributed by atoms with van der Waals surface area (Å²) in [5, 5.41) is 2.52. The lowest BCUT2D eigenvalue weighted by Crippen LogP contribution is -2.39. The molecule has 0 heterocycles. The van der Waals surface area contributed by atoms with E-state index in [2.05, 4.69) is 12.2 Å². The standard InChI is InChI=1S/C13H25NO3/c1-5-6-7-11(4)17-13(16)12(14-9-15)8-10(2)3/h9-12H,5-8H2,1-4H3,(H,14,15)/t11-,12-/m0/s1. The van der Waals surface area contributed by atoms with E-state index in [0.717, 1.165) is 19.3 Å². The fourth-order valence-electron chi connectivity index (χ4n) is 1.62. The Hall–Kier alpha value is -1.06. The summed E-state index contributed by atoms with van der Waals surface area (Å²) in [6, 6.07) is -0.517. The maximum Gasteiger partial charge on any atom is 0.328 e. The molecule has 0 aliphatic carbocycles. The lowest BCUT2D eigenvalue weighted by molar-refractivity contribution is -0.152. The summed E-state index contributed by atoms with van der Waals surface area (Å²) in [7, 11) is 0. The predicted octanol–water partition coefficient (Wildman–Crippen LogP) is 2.27. The van der Waals surface area contributed by atoms with Crippen LogP contribution in [-0.4, -0.2) is 24.5 Å². The third kappa shape index (κ3) is 7.77. The minimum Gasteiger partial charge on any atom is -0.461 e. The summed E-state index contributed by atoms with van der Waals surface area (Å²) in [4.78, 5) is 22.2. The third-order valence-corrected chi connectivity index (χ3v) is 2.54. The molecule has 1 N–H and O–H groups in total. The Balaban J connectivity index is 4.16. The van der Waals surface area contributed by atoms with E-state index in [1.54, 1.807) is 0 Å². The van der Waals surface area contributed by atoms with Crippen molar-refractivity contribution in [1.82, 2.24) is 5.32 Å². The van der Waals surface area contributed by atoms with Crippen LogP contribution in [0.2, 0.25) is 0 Å². The van der Waals surface area contributed by atoms with Crippen molar-refractivity contribution in [2.75, 3.05) is 0 Å². The van der Waals surface area contributed by atoms with Crippen molar-refractivity contribution in [2.24, 2.45) is 5.92 Å². The summed E-state index contributed by atoms with van der Waals surface area (Å²) >= 11 is 0. The second kappa shape index (κ2) is 9.02. The average Bonchev–Trinajstić information content (AvgIpc) is 2.25. The molecular weight excluding hydrogens is 218 g/mol. The lowest BCUT2D eigenvalue weighted by atomic mass is 10.0. The first-order chi connectivity index (χ1) is 8.01. The van der Waals surface area contributed by atoms with Crippen molar-refractivity contribution in [3.63, 3.8) is 0 Å². The molecule has 2 atom stereocenters. The Morgan fingerprint density at radius 2 is 2.00 bits per heavy atom. The number of nitrogens with one attached hydrogen (secondary N) is 1. The van der Waals surface area contributed by atoms with Crippen LogP contribution in [0.5, 0.6) is 0 Å². The highest BCUT2D eigenvalue weighted by Crippen LogP contribution is 2.10. The van der Waals surface area contributed by atoms with Gasteiger partial charge in [-0.15, -0.1) is 0 Å². The number of carbonyl (C=O) groups is 2. The van der Waals surface area contributed by atoms with E-state index < -0.39 is 6.04 Å². The van der Waals surface area contributed by atoms with Gasteiger partial charge in [0.2, 0.25) is 6.41 Å². The van der Waals surface area contributed by atoms with Crippen LogP contribution in [-0.2, 0) is 14.3 Å². The predicted molar refractivity (Wildman–Crippen MR) is 67.5 cm³/mol. The van der Waals surface area contributed by atoms with Crippen molar-refractivity contribution in [1.29, 1.82) is 0 Å². The SMILES string of the molecule is CCCC[C@H](C)OC(=O)[C@H](CC(C)C)NC=O. The van der Waals surface area contributed by atoms with Crippen LogP contribution >= 0.6 is 0 Å². The molecule has 0 rings (SSSR count). The van der Waals surface area contributed by atoms with Crippen molar-refractivity contribution in [2.45, 2.75) is 65.5 Å². The quantitative estimate of drug-likeness (QED) is 0.499. The molecule has 0 fully saturated rings. The molecule has 100 valence electrons. The number of rotatable bonds is 9. The fraction of sp³-hybridized carbons (Fsp3) is 0.846. The number of ether oxygens (including phenoxy) is 1. The maximum absolute atomic E-state index is 11.8. The van der Waals surface area contributed by atoms with Crippen molar-refractivity contribution < 1.29 is 14.3 Å². The molecule has 0 aromatic rings. The van der Waals surface area contributed by atoms with Gasteiger partial charge < -0.3 is 10.1 Å². The zero-order valence-corrected chi connectivity index (χ0v) is 11.4. The monoisotopic (exact) mass is 243 g/mol. The van der Waals surface area contributed by atoms with Gasteiger partial charge in [-0.05, 0) is 25.7 Å². The Kier molecular flexibility index (Phi) is 8.46. The number of unbranched alkanes of at least 4 members (excludes halogenated alkanes) is 1. The molecule has 17 heavy (non-hydrogen) atoms. The molecule has 0 radical (unpaired) electrons. The third-order valence-electron chi connectivity index (χ3n) is 2.54. The Morgan fingerprint density at radius 3 is 2.47 bits per heavy atom. The second-order valence-corrected chi connectivity index (χ2v) is 4.86. The summed E-state index contributed by atoms with van der Waals surface area (Å²) in [5.74, 6) is 0.0142. The van der Waals surface area contributed by atoms with Gasteiger partial charge in [0.15, 0.2) is 0 Å². The molecule has 0 bridgehead atoms. The van der Waals surface area contributed by atoms with Gasteiger partial charge in [0.05, 0.1) is 6.10 Å². The molecule has 0 aliphatic heterocycles. The van der Waals surface area contributed by atoms with E-state index in [0.29, 0.717) is 18.7 Å². The largest absolute Gasteiger partial charge is 0.461 e. The Morgan fingerprint density at radius 1 is 1.35 bits per heavy atom. The summed E-state index contributed by atoms with van der Waals surface area (Å²) in [5.41, 5.74) is 0. The normalized spacial score (nSPS) is 14.2. The number of carbonyl (C=O) groups excluding carboxylic acids is 2. The first kappa shape index (κ1) is 15.9. The molecule has 0 saturated heterocycles. The van der Waals surface area contributed by atoms with Gasteiger partial charge in [-0.3, -0.25) is 4.79 Å².